The van der Waals surface area contributed by atoms with Crippen LogP contribution in [0.2, 0.25) is 0 Å². The molecule has 0 atom stereocenters. The summed E-state index contributed by atoms with van der Waals surface area (Å²) in [5.41, 5.74) is 3.29. The van der Waals surface area contributed by atoms with Gasteiger partial charge in [-0.1, -0.05) is 11.6 Å². The van der Waals surface area contributed by atoms with Crippen molar-refractivity contribution in [1.29, 1.82) is 0 Å². The Hall–Kier alpha value is -3.26. The number of carbonyl (C=O) groups excluding carboxylic acids is 1. The van der Waals surface area contributed by atoms with Crippen LogP contribution in [0.5, 0.6) is 5.75 Å². The number of fused-ring (bicyclic) bond motifs is 1. The fraction of sp³-hybridized carbons (Fsp3) is 0.462. The van der Waals surface area contributed by atoms with Crippen molar-refractivity contribution in [3.05, 3.63) is 54.1 Å². The van der Waals surface area contributed by atoms with E-state index in [-0.39, 0.29) is 18.5 Å². The van der Waals surface area contributed by atoms with Gasteiger partial charge in [0.15, 0.2) is 0 Å². The van der Waals surface area contributed by atoms with E-state index in [1.165, 1.54) is 24.7 Å². The van der Waals surface area contributed by atoms with E-state index in [4.69, 9.17) is 4.74 Å². The van der Waals surface area contributed by atoms with Gasteiger partial charge in [-0.2, -0.15) is 0 Å². The Kier molecular flexibility index (Phi) is 6.58. The number of methoxy groups -OCH3 is 1. The molecule has 0 spiro atoms. The van der Waals surface area contributed by atoms with E-state index in [0.29, 0.717) is 17.8 Å². The van der Waals surface area contributed by atoms with Crippen LogP contribution in [0.15, 0.2) is 43.0 Å². The predicted molar refractivity (Wildman–Crippen MR) is 132 cm³/mol. The van der Waals surface area contributed by atoms with Crippen LogP contribution < -0.4 is 15.4 Å². The molecule has 8 nitrogen and oxygen atoms in total. The maximum atomic E-state index is 12.5. The summed E-state index contributed by atoms with van der Waals surface area (Å²) in [4.78, 5) is 27.8. The number of amides is 1. The van der Waals surface area contributed by atoms with Crippen molar-refractivity contribution in [2.75, 3.05) is 32.1 Å². The highest BCUT2D eigenvalue weighted by Crippen LogP contribution is 2.39. The maximum Gasteiger partial charge on any atom is 0.239 e. The fourth-order valence-electron chi connectivity index (χ4n) is 5.31. The number of aryl methyl sites for hydroxylation is 1. The topological polar surface area (TPSA) is 92.3 Å². The number of benzene rings is 1. The summed E-state index contributed by atoms with van der Waals surface area (Å²) in [5.74, 6) is 2.13. The molecule has 1 amide bonds. The molecule has 2 aliphatic rings. The SMILES string of the molecule is COc1cnccc1C1CCC(N2CC(NC(=O)CNc3ncnc4ccc(C)cc34)C2)CC1. The van der Waals surface area contributed by atoms with E-state index in [9.17, 15) is 4.79 Å². The number of nitrogens with one attached hydrogen (secondary N) is 2. The zero-order chi connectivity index (χ0) is 23.5. The van der Waals surface area contributed by atoms with Crippen molar-refractivity contribution in [3.63, 3.8) is 0 Å². The van der Waals surface area contributed by atoms with Gasteiger partial charge >= 0.3 is 0 Å². The molecular weight excluding hydrogens is 428 g/mol. The molecule has 1 saturated carbocycles. The lowest BCUT2D eigenvalue weighted by Gasteiger charge is -2.46. The second kappa shape index (κ2) is 9.93. The number of ether oxygens (including phenoxy) is 1. The van der Waals surface area contributed by atoms with Crippen molar-refractivity contribution in [3.8, 4) is 5.75 Å². The number of aromatic nitrogens is 3. The third-order valence-corrected chi connectivity index (χ3v) is 7.17. The van der Waals surface area contributed by atoms with Crippen LogP contribution in [0.25, 0.3) is 10.9 Å². The minimum absolute atomic E-state index is 0.00226. The minimum atomic E-state index is -0.00226. The zero-order valence-electron chi connectivity index (χ0n) is 19.8. The van der Waals surface area contributed by atoms with Crippen LogP contribution in [0.1, 0.15) is 42.7 Å². The van der Waals surface area contributed by atoms with Gasteiger partial charge in [-0.15, -0.1) is 0 Å². The fourth-order valence-corrected chi connectivity index (χ4v) is 5.31. The Morgan fingerprint density at radius 3 is 2.76 bits per heavy atom. The Morgan fingerprint density at radius 2 is 1.97 bits per heavy atom. The largest absolute Gasteiger partial charge is 0.495 e. The Morgan fingerprint density at radius 1 is 1.15 bits per heavy atom. The third-order valence-electron chi connectivity index (χ3n) is 7.17. The van der Waals surface area contributed by atoms with Crippen molar-refractivity contribution >= 4 is 22.6 Å². The molecule has 178 valence electrons. The van der Waals surface area contributed by atoms with E-state index < -0.39 is 0 Å². The van der Waals surface area contributed by atoms with Gasteiger partial charge < -0.3 is 15.4 Å². The summed E-state index contributed by atoms with van der Waals surface area (Å²) in [7, 11) is 1.72. The summed E-state index contributed by atoms with van der Waals surface area (Å²) >= 11 is 0. The summed E-state index contributed by atoms with van der Waals surface area (Å²) < 4.78 is 5.51. The molecule has 1 saturated heterocycles. The molecule has 1 aliphatic heterocycles. The quantitative estimate of drug-likeness (QED) is 0.559. The van der Waals surface area contributed by atoms with Gasteiger partial charge in [0.1, 0.15) is 17.9 Å². The molecule has 0 radical (unpaired) electrons. The van der Waals surface area contributed by atoms with E-state index in [1.807, 2.05) is 37.5 Å². The van der Waals surface area contributed by atoms with Crippen LogP contribution in [0.4, 0.5) is 5.82 Å². The van der Waals surface area contributed by atoms with Crippen molar-refractivity contribution in [2.45, 2.75) is 50.6 Å². The van der Waals surface area contributed by atoms with Crippen LogP contribution >= 0.6 is 0 Å². The van der Waals surface area contributed by atoms with Crippen molar-refractivity contribution < 1.29 is 9.53 Å². The highest BCUT2D eigenvalue weighted by Gasteiger charge is 2.35. The smallest absolute Gasteiger partial charge is 0.239 e. The van der Waals surface area contributed by atoms with E-state index in [2.05, 4.69) is 36.6 Å². The first-order valence-electron chi connectivity index (χ1n) is 12.1. The lowest BCUT2D eigenvalue weighted by molar-refractivity contribution is -0.121. The maximum absolute atomic E-state index is 12.5. The van der Waals surface area contributed by atoms with Gasteiger partial charge in [-0.05, 0) is 56.7 Å². The number of anilines is 1. The molecule has 5 rings (SSSR count). The lowest BCUT2D eigenvalue weighted by atomic mass is 9.80. The highest BCUT2D eigenvalue weighted by atomic mass is 16.5. The lowest BCUT2D eigenvalue weighted by Crippen LogP contribution is -2.63. The number of rotatable bonds is 7. The van der Waals surface area contributed by atoms with Gasteiger partial charge in [0.05, 0.1) is 31.4 Å². The molecule has 1 aliphatic carbocycles. The number of nitrogens with zero attached hydrogens (tertiary/aromatic N) is 4. The predicted octanol–water partition coefficient (Wildman–Crippen LogP) is 3.28. The first kappa shape index (κ1) is 22.5. The Balaban J connectivity index is 1.06. The molecule has 0 unspecified atom stereocenters. The normalized spacial score (nSPS) is 21.1. The van der Waals surface area contributed by atoms with E-state index in [1.54, 1.807) is 7.11 Å². The van der Waals surface area contributed by atoms with Crippen LogP contribution in [0.3, 0.4) is 0 Å². The number of pyridine rings is 1. The first-order chi connectivity index (χ1) is 16.6. The molecule has 3 aromatic rings. The molecule has 2 fully saturated rings. The van der Waals surface area contributed by atoms with Crippen LogP contribution in [-0.4, -0.2) is 64.6 Å². The van der Waals surface area contributed by atoms with Gasteiger partial charge in [-0.25, -0.2) is 9.97 Å². The number of carbonyl (C=O) groups is 1. The Bertz CT molecular complexity index is 1150. The Labute approximate surface area is 200 Å². The van der Waals surface area contributed by atoms with Gasteiger partial charge in [-0.3, -0.25) is 14.7 Å². The monoisotopic (exact) mass is 460 g/mol. The van der Waals surface area contributed by atoms with Gasteiger partial charge in [0, 0.05) is 36.3 Å². The molecule has 1 aromatic carbocycles. The first-order valence-corrected chi connectivity index (χ1v) is 12.1. The van der Waals surface area contributed by atoms with Crippen molar-refractivity contribution in [1.82, 2.24) is 25.2 Å². The number of hydrogen-bond acceptors (Lipinski definition) is 7. The molecule has 2 N–H and O–H groups in total. The molecule has 34 heavy (non-hydrogen) atoms. The molecule has 0 bridgehead atoms. The average Bonchev–Trinajstić information content (AvgIpc) is 2.85. The second-order valence-corrected chi connectivity index (χ2v) is 9.44. The van der Waals surface area contributed by atoms with Gasteiger partial charge in [0.2, 0.25) is 5.91 Å². The standard InChI is InChI=1S/C26H32N6O2/c1-17-3-8-23-22(11-17)26(30-16-29-23)28-13-25(33)31-19-14-32(15-19)20-6-4-18(5-7-20)21-9-10-27-12-24(21)34-2/h3,8-12,16,18-20H,4-7,13-15H2,1-2H3,(H,31,33)(H,28,29,30). The van der Waals surface area contributed by atoms with Gasteiger partial charge in [0.25, 0.3) is 0 Å². The zero-order valence-corrected chi connectivity index (χ0v) is 19.8. The summed E-state index contributed by atoms with van der Waals surface area (Å²) in [5, 5.41) is 7.27. The summed E-state index contributed by atoms with van der Waals surface area (Å²) in [6.07, 6.45) is 9.88. The second-order valence-electron chi connectivity index (χ2n) is 9.44. The molecule has 3 heterocycles. The van der Waals surface area contributed by atoms with Crippen LogP contribution in [0, 0.1) is 6.92 Å². The number of hydrogen-bond donors (Lipinski definition) is 2. The highest BCUT2D eigenvalue weighted by molar-refractivity contribution is 5.91. The molecular formula is C26H32N6O2. The molecule has 8 heteroatoms. The van der Waals surface area contributed by atoms with Crippen LogP contribution in [-0.2, 0) is 4.79 Å². The summed E-state index contributed by atoms with van der Waals surface area (Å²) in [6, 6.07) is 8.96. The third kappa shape index (κ3) is 4.82. The minimum Gasteiger partial charge on any atom is -0.495 e. The average molecular weight is 461 g/mol. The molecule has 2 aromatic heterocycles. The van der Waals surface area contributed by atoms with E-state index >= 15 is 0 Å². The van der Waals surface area contributed by atoms with Crippen molar-refractivity contribution in [2.24, 2.45) is 0 Å². The number of likely N-dealkylation sites (tertiary alicyclic amines) is 1. The van der Waals surface area contributed by atoms with E-state index in [0.717, 1.165) is 48.1 Å². The summed E-state index contributed by atoms with van der Waals surface area (Å²) in [6.45, 7) is 4.09.